The summed E-state index contributed by atoms with van der Waals surface area (Å²) in [6.45, 7) is 0. The van der Waals surface area contributed by atoms with E-state index in [0.717, 1.165) is 4.88 Å². The Balaban J connectivity index is 2.46. The molecule has 0 spiro atoms. The van der Waals surface area contributed by atoms with Crippen molar-refractivity contribution in [1.29, 1.82) is 5.26 Å². The van der Waals surface area contributed by atoms with Gasteiger partial charge in [-0.25, -0.2) is 0 Å². The fourth-order valence-corrected chi connectivity index (χ4v) is 1.38. The second kappa shape index (κ2) is 4.70. The summed E-state index contributed by atoms with van der Waals surface area (Å²) in [4.78, 5) is 1.09. The highest BCUT2D eigenvalue weighted by Gasteiger charge is 1.95. The van der Waals surface area contributed by atoms with Gasteiger partial charge in [0.1, 0.15) is 0 Å². The Hall–Kier alpha value is -1.11. The molecule has 0 aliphatic heterocycles. The highest BCUT2D eigenvalue weighted by atomic mass is 32.1. The maximum atomic E-state index is 9.14. The molecule has 0 unspecified atom stereocenters. The molecule has 0 aliphatic rings. The molecule has 1 aromatic heterocycles. The third-order valence-corrected chi connectivity index (χ3v) is 2.16. The number of aliphatic hydroxyl groups excluding tert-OH is 1. The summed E-state index contributed by atoms with van der Waals surface area (Å²) in [6, 6.07) is 5.80. The normalized spacial score (nSPS) is 13.0. The van der Waals surface area contributed by atoms with Crippen LogP contribution in [0.4, 0.5) is 0 Å². The van der Waals surface area contributed by atoms with E-state index in [2.05, 4.69) is 0 Å². The van der Waals surface area contributed by atoms with Gasteiger partial charge in [-0.2, -0.15) is 5.26 Å². The minimum atomic E-state index is -0.642. The van der Waals surface area contributed by atoms with E-state index < -0.39 is 6.10 Å². The molecule has 0 saturated heterocycles. The first-order chi connectivity index (χ1) is 5.83. The van der Waals surface area contributed by atoms with E-state index in [1.165, 1.54) is 0 Å². The number of hydrogen-bond acceptors (Lipinski definition) is 3. The van der Waals surface area contributed by atoms with Crippen molar-refractivity contribution >= 4 is 17.4 Å². The van der Waals surface area contributed by atoms with E-state index >= 15 is 0 Å². The first kappa shape index (κ1) is 8.98. The minimum Gasteiger partial charge on any atom is -0.388 e. The molecule has 1 aromatic rings. The molecule has 62 valence electrons. The summed E-state index contributed by atoms with van der Waals surface area (Å²) in [6.07, 6.45) is 2.97. The maximum Gasteiger partial charge on any atom is 0.0854 e. The van der Waals surface area contributed by atoms with Crippen molar-refractivity contribution in [3.8, 4) is 6.07 Å². The van der Waals surface area contributed by atoms with Crippen LogP contribution in [0.25, 0.3) is 6.08 Å². The first-order valence-corrected chi connectivity index (χ1v) is 4.47. The molecule has 1 rings (SSSR count). The Morgan fingerprint density at radius 3 is 3.17 bits per heavy atom. The average Bonchev–Trinajstić information content (AvgIpc) is 2.53. The van der Waals surface area contributed by atoms with Crippen molar-refractivity contribution in [2.45, 2.75) is 12.5 Å². The molecule has 0 amide bonds. The van der Waals surface area contributed by atoms with Gasteiger partial charge >= 0.3 is 0 Å². The Kier molecular flexibility index (Phi) is 3.52. The van der Waals surface area contributed by atoms with Gasteiger partial charge in [-0.1, -0.05) is 12.1 Å². The Bertz CT molecular complexity index is 284. The minimum absolute atomic E-state index is 0.155. The lowest BCUT2D eigenvalue weighted by molar-refractivity contribution is 0.229. The zero-order valence-electron chi connectivity index (χ0n) is 6.47. The van der Waals surface area contributed by atoms with Gasteiger partial charge in [-0.15, -0.1) is 11.3 Å². The van der Waals surface area contributed by atoms with Gasteiger partial charge in [-0.05, 0) is 17.5 Å². The van der Waals surface area contributed by atoms with Crippen LogP contribution in [0.15, 0.2) is 23.6 Å². The molecule has 0 saturated carbocycles. The zero-order chi connectivity index (χ0) is 8.81. The molecule has 0 fully saturated rings. The summed E-state index contributed by atoms with van der Waals surface area (Å²) < 4.78 is 0. The molecule has 0 aliphatic carbocycles. The van der Waals surface area contributed by atoms with Crippen LogP contribution in [0.5, 0.6) is 0 Å². The fourth-order valence-electron chi connectivity index (χ4n) is 0.754. The largest absolute Gasteiger partial charge is 0.388 e. The van der Waals surface area contributed by atoms with Crippen molar-refractivity contribution in [3.63, 3.8) is 0 Å². The zero-order valence-corrected chi connectivity index (χ0v) is 7.29. The van der Waals surface area contributed by atoms with Gasteiger partial charge < -0.3 is 5.11 Å². The summed E-state index contributed by atoms with van der Waals surface area (Å²) in [5.74, 6) is 0. The van der Waals surface area contributed by atoms with Crippen molar-refractivity contribution in [2.24, 2.45) is 0 Å². The monoisotopic (exact) mass is 179 g/mol. The second-order valence-corrected chi connectivity index (χ2v) is 3.28. The van der Waals surface area contributed by atoms with Crippen LogP contribution in [-0.2, 0) is 0 Å². The van der Waals surface area contributed by atoms with E-state index in [-0.39, 0.29) is 6.42 Å². The Morgan fingerprint density at radius 2 is 2.58 bits per heavy atom. The molecule has 1 atom stereocenters. The number of hydrogen-bond donors (Lipinski definition) is 1. The summed E-state index contributed by atoms with van der Waals surface area (Å²) in [5, 5.41) is 19.4. The summed E-state index contributed by atoms with van der Waals surface area (Å²) >= 11 is 1.60. The van der Waals surface area contributed by atoms with Gasteiger partial charge in [-0.3, -0.25) is 0 Å². The highest BCUT2D eigenvalue weighted by Crippen LogP contribution is 2.10. The lowest BCUT2D eigenvalue weighted by Crippen LogP contribution is -1.98. The molecule has 1 heterocycles. The molecule has 0 bridgehead atoms. The van der Waals surface area contributed by atoms with Gasteiger partial charge in [0, 0.05) is 4.88 Å². The van der Waals surface area contributed by atoms with E-state index in [4.69, 9.17) is 10.4 Å². The fraction of sp³-hybridized carbons (Fsp3) is 0.222. The van der Waals surface area contributed by atoms with Crippen molar-refractivity contribution in [2.75, 3.05) is 0 Å². The number of nitriles is 1. The summed E-state index contributed by atoms with van der Waals surface area (Å²) in [5.41, 5.74) is 0. The van der Waals surface area contributed by atoms with Crippen LogP contribution in [0.1, 0.15) is 11.3 Å². The summed E-state index contributed by atoms with van der Waals surface area (Å²) in [7, 11) is 0. The van der Waals surface area contributed by atoms with Crippen LogP contribution < -0.4 is 0 Å². The quantitative estimate of drug-likeness (QED) is 0.771. The topological polar surface area (TPSA) is 44.0 Å². The second-order valence-electron chi connectivity index (χ2n) is 2.30. The molecule has 3 heteroatoms. The third-order valence-electron chi connectivity index (χ3n) is 1.33. The highest BCUT2D eigenvalue weighted by molar-refractivity contribution is 7.10. The predicted molar refractivity (Wildman–Crippen MR) is 49.6 cm³/mol. The van der Waals surface area contributed by atoms with Crippen molar-refractivity contribution < 1.29 is 5.11 Å². The average molecular weight is 179 g/mol. The molecule has 12 heavy (non-hydrogen) atoms. The third kappa shape index (κ3) is 2.87. The molecule has 1 N–H and O–H groups in total. The number of aliphatic hydroxyl groups is 1. The molecular weight excluding hydrogens is 170 g/mol. The van der Waals surface area contributed by atoms with Crippen molar-refractivity contribution in [1.82, 2.24) is 0 Å². The standard InChI is InChI=1S/C9H9NOS/c10-6-5-8(11)3-4-9-2-1-7-12-9/h1-4,7-8,11H,5H2/b4-3+/t8-/m0/s1. The van der Waals surface area contributed by atoms with Gasteiger partial charge in [0.15, 0.2) is 0 Å². The van der Waals surface area contributed by atoms with Gasteiger partial charge in [0.2, 0.25) is 0 Å². The SMILES string of the molecule is N#CC[C@@H](O)/C=C/c1cccs1. The predicted octanol–water partition coefficient (Wildman–Crippen LogP) is 2.04. The van der Waals surface area contributed by atoms with Gasteiger partial charge in [0.25, 0.3) is 0 Å². The van der Waals surface area contributed by atoms with Crippen LogP contribution in [0.3, 0.4) is 0 Å². The molecule has 0 aromatic carbocycles. The molecule has 2 nitrogen and oxygen atoms in total. The molecular formula is C9H9NOS. The smallest absolute Gasteiger partial charge is 0.0854 e. The van der Waals surface area contributed by atoms with E-state index in [9.17, 15) is 0 Å². The Labute approximate surface area is 75.4 Å². The van der Waals surface area contributed by atoms with E-state index in [1.807, 2.05) is 29.7 Å². The number of nitrogens with zero attached hydrogens (tertiary/aromatic N) is 1. The first-order valence-electron chi connectivity index (χ1n) is 3.59. The van der Waals surface area contributed by atoms with Crippen LogP contribution >= 0.6 is 11.3 Å². The van der Waals surface area contributed by atoms with Crippen LogP contribution in [-0.4, -0.2) is 11.2 Å². The van der Waals surface area contributed by atoms with Gasteiger partial charge in [0.05, 0.1) is 18.6 Å². The number of rotatable bonds is 3. The lowest BCUT2D eigenvalue weighted by Gasteiger charge is -1.95. The number of thiophene rings is 1. The van der Waals surface area contributed by atoms with Crippen molar-refractivity contribution in [3.05, 3.63) is 28.5 Å². The van der Waals surface area contributed by atoms with E-state index in [0.29, 0.717) is 0 Å². The maximum absolute atomic E-state index is 9.14. The van der Waals surface area contributed by atoms with Crippen LogP contribution in [0, 0.1) is 11.3 Å². The lowest BCUT2D eigenvalue weighted by atomic mass is 10.2. The Morgan fingerprint density at radius 1 is 1.75 bits per heavy atom. The van der Waals surface area contributed by atoms with E-state index in [1.54, 1.807) is 17.4 Å². The van der Waals surface area contributed by atoms with Crippen LogP contribution in [0.2, 0.25) is 0 Å². The molecule has 0 radical (unpaired) electrons.